The molecule has 0 aromatic carbocycles. The summed E-state index contributed by atoms with van der Waals surface area (Å²) >= 11 is 0. The zero-order chi connectivity index (χ0) is 9.03. The molecule has 2 unspecified atom stereocenters. The maximum atomic E-state index is 5.40. The van der Waals surface area contributed by atoms with Crippen molar-refractivity contribution in [2.75, 3.05) is 6.61 Å². The van der Waals surface area contributed by atoms with Crippen LogP contribution in [0.3, 0.4) is 0 Å². The number of hydrogen-bond acceptors (Lipinski definition) is 2. The Morgan fingerprint density at radius 2 is 2.08 bits per heavy atom. The molecule has 1 rings (SSSR count). The van der Waals surface area contributed by atoms with Gasteiger partial charge in [0.2, 0.25) is 0 Å². The van der Waals surface area contributed by atoms with Gasteiger partial charge in [0.25, 0.3) is 0 Å². The van der Waals surface area contributed by atoms with Crippen LogP contribution in [-0.4, -0.2) is 12.2 Å². The lowest BCUT2D eigenvalue weighted by atomic mass is 10.1. The van der Waals surface area contributed by atoms with Crippen molar-refractivity contribution in [1.82, 2.24) is 0 Å². The summed E-state index contributed by atoms with van der Waals surface area (Å²) in [5, 5.41) is 0. The molecule has 0 aromatic rings. The summed E-state index contributed by atoms with van der Waals surface area (Å²) in [4.78, 5) is 10.4. The van der Waals surface area contributed by atoms with Crippen LogP contribution in [0.1, 0.15) is 46.5 Å². The van der Waals surface area contributed by atoms with E-state index in [1.807, 2.05) is 6.92 Å². The van der Waals surface area contributed by atoms with E-state index in [-0.39, 0.29) is 5.60 Å². The molecule has 12 heavy (non-hydrogen) atoms. The minimum Gasteiger partial charge on any atom is -0.236 e. The van der Waals surface area contributed by atoms with Crippen LogP contribution in [-0.2, 0) is 9.78 Å². The Kier molecular flexibility index (Phi) is 3.53. The van der Waals surface area contributed by atoms with E-state index in [4.69, 9.17) is 9.78 Å². The first-order valence-corrected chi connectivity index (χ1v) is 5.09. The van der Waals surface area contributed by atoms with Crippen molar-refractivity contribution in [3.05, 3.63) is 0 Å². The largest absolute Gasteiger partial charge is 0.236 e. The second-order valence-corrected chi connectivity index (χ2v) is 3.60. The lowest BCUT2D eigenvalue weighted by Gasteiger charge is -2.13. The van der Waals surface area contributed by atoms with Gasteiger partial charge in [-0.15, -0.1) is 0 Å². The van der Waals surface area contributed by atoms with Crippen LogP contribution < -0.4 is 0 Å². The highest BCUT2D eigenvalue weighted by molar-refractivity contribution is 5.02. The number of rotatable bonds is 6. The molecule has 0 radical (unpaired) electrons. The molecule has 2 atom stereocenters. The molecule has 0 amide bonds. The number of hydrogen-bond donors (Lipinski definition) is 0. The van der Waals surface area contributed by atoms with Crippen LogP contribution in [0.2, 0.25) is 0 Å². The van der Waals surface area contributed by atoms with Crippen LogP contribution in [0.15, 0.2) is 0 Å². The third-order valence-electron chi connectivity index (χ3n) is 2.75. The second-order valence-electron chi connectivity index (χ2n) is 3.60. The van der Waals surface area contributed by atoms with E-state index in [1.54, 1.807) is 0 Å². The van der Waals surface area contributed by atoms with E-state index in [9.17, 15) is 0 Å². The van der Waals surface area contributed by atoms with Gasteiger partial charge in [0, 0.05) is 0 Å². The minimum absolute atomic E-state index is 0.0893. The summed E-state index contributed by atoms with van der Waals surface area (Å²) in [7, 11) is 0. The van der Waals surface area contributed by atoms with Crippen LogP contribution >= 0.6 is 0 Å². The SMILES string of the molecule is CCCC1CC1(CC)OOCC. The van der Waals surface area contributed by atoms with Gasteiger partial charge in [0.05, 0.1) is 6.61 Å². The van der Waals surface area contributed by atoms with Crippen LogP contribution in [0.4, 0.5) is 0 Å². The van der Waals surface area contributed by atoms with E-state index in [0.29, 0.717) is 6.61 Å². The maximum absolute atomic E-state index is 5.40. The molecule has 2 heteroatoms. The monoisotopic (exact) mass is 172 g/mol. The summed E-state index contributed by atoms with van der Waals surface area (Å²) in [6.45, 7) is 7.01. The summed E-state index contributed by atoms with van der Waals surface area (Å²) < 4.78 is 0. The third-order valence-corrected chi connectivity index (χ3v) is 2.75. The predicted molar refractivity (Wildman–Crippen MR) is 48.7 cm³/mol. The molecular formula is C10H20O2. The summed E-state index contributed by atoms with van der Waals surface area (Å²) in [6, 6.07) is 0. The third kappa shape index (κ3) is 1.99. The van der Waals surface area contributed by atoms with Crippen LogP contribution in [0, 0.1) is 5.92 Å². The van der Waals surface area contributed by atoms with Gasteiger partial charge in [-0.05, 0) is 32.1 Å². The van der Waals surface area contributed by atoms with Crippen molar-refractivity contribution in [3.8, 4) is 0 Å². The predicted octanol–water partition coefficient (Wildman–Crippen LogP) is 2.92. The molecule has 0 heterocycles. The van der Waals surface area contributed by atoms with Crippen molar-refractivity contribution in [1.29, 1.82) is 0 Å². The molecule has 0 aromatic heterocycles. The first kappa shape index (κ1) is 10.0. The van der Waals surface area contributed by atoms with Gasteiger partial charge >= 0.3 is 0 Å². The molecule has 0 saturated heterocycles. The average Bonchev–Trinajstić information content (AvgIpc) is 2.77. The van der Waals surface area contributed by atoms with Gasteiger partial charge in [0.1, 0.15) is 5.60 Å². The molecule has 1 saturated carbocycles. The van der Waals surface area contributed by atoms with Gasteiger partial charge in [-0.2, -0.15) is 0 Å². The zero-order valence-electron chi connectivity index (χ0n) is 8.43. The highest BCUT2D eigenvalue weighted by Crippen LogP contribution is 2.52. The van der Waals surface area contributed by atoms with E-state index in [2.05, 4.69) is 13.8 Å². The van der Waals surface area contributed by atoms with Gasteiger partial charge in [-0.25, -0.2) is 9.78 Å². The Morgan fingerprint density at radius 3 is 2.58 bits per heavy atom. The topological polar surface area (TPSA) is 18.5 Å². The lowest BCUT2D eigenvalue weighted by Crippen LogP contribution is -2.16. The fourth-order valence-corrected chi connectivity index (χ4v) is 1.84. The molecule has 1 aliphatic carbocycles. The average molecular weight is 172 g/mol. The van der Waals surface area contributed by atoms with Crippen LogP contribution in [0.25, 0.3) is 0 Å². The molecule has 1 fully saturated rings. The molecule has 0 N–H and O–H groups in total. The second kappa shape index (κ2) is 4.24. The van der Waals surface area contributed by atoms with E-state index in [1.165, 1.54) is 19.3 Å². The maximum Gasteiger partial charge on any atom is 0.107 e. The summed E-state index contributed by atoms with van der Waals surface area (Å²) in [5.41, 5.74) is 0.0893. The molecule has 0 aliphatic heterocycles. The smallest absolute Gasteiger partial charge is 0.107 e. The van der Waals surface area contributed by atoms with Gasteiger partial charge in [-0.3, -0.25) is 0 Å². The standard InChI is InChI=1S/C10H20O2/c1-4-7-9-8-10(9,5-2)12-11-6-3/h9H,4-8H2,1-3H3. The molecule has 72 valence electrons. The normalized spacial score (nSPS) is 33.8. The Balaban J connectivity index is 2.26. The fraction of sp³-hybridized carbons (Fsp3) is 1.00. The Labute approximate surface area is 75.2 Å². The first-order valence-electron chi connectivity index (χ1n) is 5.09. The van der Waals surface area contributed by atoms with Crippen molar-refractivity contribution < 1.29 is 9.78 Å². The van der Waals surface area contributed by atoms with Crippen molar-refractivity contribution in [2.24, 2.45) is 5.92 Å². The molecular weight excluding hydrogens is 152 g/mol. The summed E-state index contributed by atoms with van der Waals surface area (Å²) in [6.07, 6.45) is 4.80. The van der Waals surface area contributed by atoms with E-state index in [0.717, 1.165) is 12.3 Å². The quantitative estimate of drug-likeness (QED) is 0.453. The van der Waals surface area contributed by atoms with Crippen molar-refractivity contribution in [3.63, 3.8) is 0 Å². The Morgan fingerprint density at radius 1 is 1.33 bits per heavy atom. The van der Waals surface area contributed by atoms with Crippen LogP contribution in [0.5, 0.6) is 0 Å². The molecule has 1 aliphatic rings. The van der Waals surface area contributed by atoms with E-state index < -0.39 is 0 Å². The van der Waals surface area contributed by atoms with Crippen molar-refractivity contribution >= 4 is 0 Å². The lowest BCUT2D eigenvalue weighted by molar-refractivity contribution is -0.336. The first-order chi connectivity index (χ1) is 5.79. The molecule has 2 nitrogen and oxygen atoms in total. The molecule has 0 spiro atoms. The minimum atomic E-state index is 0.0893. The van der Waals surface area contributed by atoms with Gasteiger partial charge in [0.15, 0.2) is 0 Å². The highest BCUT2D eigenvalue weighted by atomic mass is 17.2. The zero-order valence-corrected chi connectivity index (χ0v) is 8.43. The van der Waals surface area contributed by atoms with E-state index >= 15 is 0 Å². The van der Waals surface area contributed by atoms with Crippen molar-refractivity contribution in [2.45, 2.75) is 52.1 Å². The Bertz CT molecular complexity index is 136. The fourth-order valence-electron chi connectivity index (χ4n) is 1.84. The summed E-state index contributed by atoms with van der Waals surface area (Å²) in [5.74, 6) is 0.749. The Hall–Kier alpha value is -0.0800. The molecule has 0 bridgehead atoms. The van der Waals surface area contributed by atoms with Gasteiger partial charge in [-0.1, -0.05) is 20.3 Å². The highest BCUT2D eigenvalue weighted by Gasteiger charge is 2.54. The van der Waals surface area contributed by atoms with Gasteiger partial charge < -0.3 is 0 Å².